The van der Waals surface area contributed by atoms with Gasteiger partial charge in [0.2, 0.25) is 0 Å². The minimum atomic E-state index is -0.0573. The summed E-state index contributed by atoms with van der Waals surface area (Å²) in [6.45, 7) is 1.17. The van der Waals surface area contributed by atoms with Crippen LogP contribution in [0, 0.1) is 0 Å². The van der Waals surface area contributed by atoms with Gasteiger partial charge in [-0.3, -0.25) is 4.79 Å². The fourth-order valence-electron chi connectivity index (χ4n) is 2.25. The first-order valence-electron chi connectivity index (χ1n) is 6.17. The summed E-state index contributed by atoms with van der Waals surface area (Å²) < 4.78 is 0. The van der Waals surface area contributed by atoms with Crippen LogP contribution in [-0.4, -0.2) is 27.3 Å². The minimum Gasteiger partial charge on any atom is -0.334 e. The van der Waals surface area contributed by atoms with Gasteiger partial charge >= 0.3 is 0 Å². The van der Waals surface area contributed by atoms with Gasteiger partial charge in [0, 0.05) is 36.8 Å². The van der Waals surface area contributed by atoms with E-state index in [1.165, 1.54) is 6.33 Å². The average molecular weight is 308 g/mol. The molecule has 2 heterocycles. The van der Waals surface area contributed by atoms with Crippen LogP contribution in [0.1, 0.15) is 21.6 Å². The van der Waals surface area contributed by atoms with Crippen LogP contribution in [-0.2, 0) is 13.0 Å². The van der Waals surface area contributed by atoms with E-state index in [4.69, 9.17) is 23.2 Å². The molecule has 102 valence electrons. The van der Waals surface area contributed by atoms with E-state index in [1.807, 2.05) is 0 Å². The quantitative estimate of drug-likeness (QED) is 0.813. The second-order valence-electron chi connectivity index (χ2n) is 4.60. The van der Waals surface area contributed by atoms with Gasteiger partial charge in [-0.15, -0.1) is 0 Å². The van der Waals surface area contributed by atoms with E-state index in [9.17, 15) is 4.79 Å². The normalized spacial score (nSPS) is 14.0. The predicted molar refractivity (Wildman–Crippen MR) is 76.9 cm³/mol. The van der Waals surface area contributed by atoms with Crippen LogP contribution in [0.25, 0.3) is 0 Å². The zero-order chi connectivity index (χ0) is 14.1. The van der Waals surface area contributed by atoms with Crippen molar-refractivity contribution in [1.29, 1.82) is 0 Å². The van der Waals surface area contributed by atoms with Crippen molar-refractivity contribution in [3.63, 3.8) is 0 Å². The molecule has 1 aliphatic heterocycles. The zero-order valence-corrected chi connectivity index (χ0v) is 12.0. The summed E-state index contributed by atoms with van der Waals surface area (Å²) in [5.41, 5.74) is 2.55. The van der Waals surface area contributed by atoms with Gasteiger partial charge in [-0.25, -0.2) is 9.97 Å². The molecule has 3 rings (SSSR count). The Morgan fingerprint density at radius 1 is 1.25 bits per heavy atom. The first-order chi connectivity index (χ1) is 9.65. The molecule has 0 atom stereocenters. The highest BCUT2D eigenvalue weighted by molar-refractivity contribution is 6.42. The number of carbonyl (C=O) groups excluding carboxylic acids is 1. The number of hydrogen-bond acceptors (Lipinski definition) is 3. The molecule has 0 bridgehead atoms. The lowest BCUT2D eigenvalue weighted by molar-refractivity contribution is 0.0733. The van der Waals surface area contributed by atoms with Crippen LogP contribution in [0.3, 0.4) is 0 Å². The van der Waals surface area contributed by atoms with Crippen molar-refractivity contribution in [3.05, 3.63) is 57.6 Å². The maximum Gasteiger partial charge on any atom is 0.254 e. The Labute approximate surface area is 126 Å². The molecule has 1 aromatic carbocycles. The van der Waals surface area contributed by atoms with Crippen molar-refractivity contribution in [2.24, 2.45) is 0 Å². The van der Waals surface area contributed by atoms with Crippen molar-refractivity contribution in [1.82, 2.24) is 14.9 Å². The molecular weight excluding hydrogens is 297 g/mol. The lowest BCUT2D eigenvalue weighted by atomic mass is 10.1. The van der Waals surface area contributed by atoms with E-state index in [0.29, 0.717) is 28.7 Å². The van der Waals surface area contributed by atoms with Crippen LogP contribution in [0.4, 0.5) is 0 Å². The summed E-state index contributed by atoms with van der Waals surface area (Å²) in [5, 5.41) is 0.832. The van der Waals surface area contributed by atoms with Crippen LogP contribution in [0.2, 0.25) is 10.0 Å². The molecule has 4 nitrogen and oxygen atoms in total. The predicted octanol–water partition coefficient (Wildman–Crippen LogP) is 2.98. The molecule has 1 aromatic heterocycles. The second kappa shape index (κ2) is 5.38. The Kier molecular flexibility index (Phi) is 3.59. The molecule has 20 heavy (non-hydrogen) atoms. The van der Waals surface area contributed by atoms with Crippen LogP contribution >= 0.6 is 23.2 Å². The Morgan fingerprint density at radius 3 is 2.90 bits per heavy atom. The summed E-state index contributed by atoms with van der Waals surface area (Å²) in [5.74, 6) is -0.0573. The van der Waals surface area contributed by atoms with Gasteiger partial charge in [0.1, 0.15) is 6.33 Å². The fourth-order valence-corrected chi connectivity index (χ4v) is 2.55. The summed E-state index contributed by atoms with van der Waals surface area (Å²) in [6.07, 6.45) is 4.04. The minimum absolute atomic E-state index is 0.0573. The van der Waals surface area contributed by atoms with Crippen LogP contribution < -0.4 is 0 Å². The van der Waals surface area contributed by atoms with Crippen molar-refractivity contribution in [2.75, 3.05) is 6.54 Å². The second-order valence-corrected chi connectivity index (χ2v) is 5.41. The fraction of sp³-hybridized carbons (Fsp3) is 0.214. The number of hydrogen-bond donors (Lipinski definition) is 0. The molecule has 6 heteroatoms. The third-order valence-corrected chi connectivity index (χ3v) is 4.05. The highest BCUT2D eigenvalue weighted by Crippen LogP contribution is 2.24. The third kappa shape index (κ3) is 2.49. The topological polar surface area (TPSA) is 46.1 Å². The maximum absolute atomic E-state index is 12.5. The van der Waals surface area contributed by atoms with Gasteiger partial charge in [-0.2, -0.15) is 0 Å². The molecule has 0 unspecified atom stereocenters. The van der Waals surface area contributed by atoms with Gasteiger partial charge in [-0.05, 0) is 18.2 Å². The molecule has 0 N–H and O–H groups in total. The van der Waals surface area contributed by atoms with E-state index in [-0.39, 0.29) is 5.91 Å². The molecular formula is C14H11Cl2N3O. The number of halogens is 2. The number of nitrogens with zero attached hydrogens (tertiary/aromatic N) is 3. The van der Waals surface area contributed by atoms with Gasteiger partial charge in [-0.1, -0.05) is 23.2 Å². The number of carbonyl (C=O) groups is 1. The summed E-state index contributed by atoms with van der Waals surface area (Å²) in [6, 6.07) is 4.93. The molecule has 1 amide bonds. The molecule has 0 radical (unpaired) electrons. The number of amides is 1. The van der Waals surface area contributed by atoms with Crippen molar-refractivity contribution in [2.45, 2.75) is 13.0 Å². The first-order valence-corrected chi connectivity index (χ1v) is 6.93. The highest BCUT2D eigenvalue weighted by Gasteiger charge is 2.22. The summed E-state index contributed by atoms with van der Waals surface area (Å²) in [7, 11) is 0. The highest BCUT2D eigenvalue weighted by atomic mass is 35.5. The Balaban J connectivity index is 1.84. The zero-order valence-electron chi connectivity index (χ0n) is 10.5. The summed E-state index contributed by atoms with van der Waals surface area (Å²) in [4.78, 5) is 22.5. The van der Waals surface area contributed by atoms with Crippen molar-refractivity contribution < 1.29 is 4.79 Å². The lowest BCUT2D eigenvalue weighted by Crippen LogP contribution is -2.36. The summed E-state index contributed by atoms with van der Waals surface area (Å²) >= 11 is 11.8. The van der Waals surface area contributed by atoms with Gasteiger partial charge in [0.25, 0.3) is 5.91 Å². The first kappa shape index (κ1) is 13.3. The smallest absolute Gasteiger partial charge is 0.254 e. The molecule has 0 saturated heterocycles. The van der Waals surface area contributed by atoms with Gasteiger partial charge < -0.3 is 4.90 Å². The number of aromatic nitrogens is 2. The molecule has 0 spiro atoms. The standard InChI is InChI=1S/C14H11Cl2N3O/c15-11-2-1-9(5-12(11)16)14(20)19-4-3-13-10(7-19)6-17-8-18-13/h1-2,5-6,8H,3-4,7H2. The van der Waals surface area contributed by atoms with Crippen molar-refractivity contribution in [3.8, 4) is 0 Å². The average Bonchev–Trinajstić information content (AvgIpc) is 2.49. The monoisotopic (exact) mass is 307 g/mol. The largest absolute Gasteiger partial charge is 0.334 e. The van der Waals surface area contributed by atoms with Crippen LogP contribution in [0.5, 0.6) is 0 Å². The van der Waals surface area contributed by atoms with Gasteiger partial charge in [0.05, 0.1) is 15.7 Å². The molecule has 1 aliphatic rings. The number of benzene rings is 1. The third-order valence-electron chi connectivity index (χ3n) is 3.31. The number of fused-ring (bicyclic) bond motifs is 1. The van der Waals surface area contributed by atoms with E-state index in [2.05, 4.69) is 9.97 Å². The molecule has 0 aliphatic carbocycles. The van der Waals surface area contributed by atoms with E-state index in [1.54, 1.807) is 29.3 Å². The van der Waals surface area contributed by atoms with Gasteiger partial charge in [0.15, 0.2) is 0 Å². The van der Waals surface area contributed by atoms with E-state index < -0.39 is 0 Å². The Morgan fingerprint density at radius 2 is 2.10 bits per heavy atom. The molecule has 2 aromatic rings. The molecule has 0 fully saturated rings. The maximum atomic E-state index is 12.5. The van der Waals surface area contributed by atoms with Crippen LogP contribution in [0.15, 0.2) is 30.7 Å². The molecule has 0 saturated carbocycles. The van der Waals surface area contributed by atoms with E-state index in [0.717, 1.165) is 17.7 Å². The van der Waals surface area contributed by atoms with Crippen molar-refractivity contribution >= 4 is 29.1 Å². The SMILES string of the molecule is O=C(c1ccc(Cl)c(Cl)c1)N1CCc2ncncc2C1. The Hall–Kier alpha value is -1.65. The van der Waals surface area contributed by atoms with E-state index >= 15 is 0 Å². The lowest BCUT2D eigenvalue weighted by Gasteiger charge is -2.28. The number of rotatable bonds is 1. The Bertz CT molecular complexity index is 675.